The molecule has 156 valence electrons. The molecule has 2 aromatic rings. The van der Waals surface area contributed by atoms with Crippen LogP contribution in [0.3, 0.4) is 0 Å². The summed E-state index contributed by atoms with van der Waals surface area (Å²) in [6.45, 7) is 14.9. The fourth-order valence-electron chi connectivity index (χ4n) is 3.29. The largest absolute Gasteiger partial charge is 0.491 e. The number of halogens is 2. The first-order chi connectivity index (χ1) is 12.3. The maximum absolute atomic E-state index is 6.05. The minimum Gasteiger partial charge on any atom is -0.491 e. The highest BCUT2D eigenvalue weighted by Gasteiger charge is 2.21. The number of nitrogens with one attached hydrogen (secondary N) is 1. The first-order valence-corrected chi connectivity index (χ1v) is 9.59. The number of anilines is 1. The number of hydrogen-bond donors (Lipinski definition) is 1. The molecule has 1 fully saturated rings. The monoisotopic (exact) mass is 425 g/mol. The molecule has 0 amide bonds. The Balaban J connectivity index is 0.00000196. The first kappa shape index (κ1) is 24.5. The van der Waals surface area contributed by atoms with E-state index in [1.54, 1.807) is 0 Å². The minimum absolute atomic E-state index is 0. The van der Waals surface area contributed by atoms with Crippen LogP contribution in [0, 0.1) is 0 Å². The van der Waals surface area contributed by atoms with Gasteiger partial charge in [0.15, 0.2) is 0 Å². The van der Waals surface area contributed by atoms with Crippen molar-refractivity contribution in [1.82, 2.24) is 10.3 Å². The van der Waals surface area contributed by atoms with Gasteiger partial charge in [0.2, 0.25) is 0 Å². The van der Waals surface area contributed by atoms with Gasteiger partial charge in [0.25, 0.3) is 0 Å². The van der Waals surface area contributed by atoms with Gasteiger partial charge in [-0.25, -0.2) is 4.98 Å². The molecule has 1 aliphatic rings. The van der Waals surface area contributed by atoms with E-state index < -0.39 is 0 Å². The quantitative estimate of drug-likeness (QED) is 0.739. The zero-order chi connectivity index (χ0) is 18.7. The molecule has 1 aromatic carbocycles. The van der Waals surface area contributed by atoms with Crippen LogP contribution in [0.15, 0.2) is 36.4 Å². The van der Waals surface area contributed by atoms with E-state index in [1.165, 1.54) is 5.56 Å². The molecule has 1 saturated heterocycles. The zero-order valence-corrected chi connectivity index (χ0v) is 19.1. The number of hydrogen-bond acceptors (Lipinski definition) is 4. The highest BCUT2D eigenvalue weighted by Crippen LogP contribution is 2.35. The SMILES string of the molecule is CC(C)Oc1ccc(-c2cccc(N3CCNCC3)n2)cc1C(C)(C)C.Cl.Cl. The molecular formula is C22H33Cl2N3O. The van der Waals surface area contributed by atoms with Gasteiger partial charge in [-0.1, -0.05) is 26.8 Å². The molecule has 3 rings (SSSR count). The molecule has 6 heteroatoms. The maximum atomic E-state index is 6.05. The second kappa shape index (κ2) is 10.3. The van der Waals surface area contributed by atoms with Crippen molar-refractivity contribution < 1.29 is 4.74 Å². The Hall–Kier alpha value is -1.49. The molecule has 0 bridgehead atoms. The van der Waals surface area contributed by atoms with Crippen molar-refractivity contribution in [3.05, 3.63) is 42.0 Å². The van der Waals surface area contributed by atoms with Gasteiger partial charge in [0.05, 0.1) is 11.8 Å². The Labute approximate surface area is 181 Å². The van der Waals surface area contributed by atoms with Gasteiger partial charge in [0.1, 0.15) is 11.6 Å². The van der Waals surface area contributed by atoms with E-state index in [0.717, 1.165) is 49.0 Å². The van der Waals surface area contributed by atoms with Crippen molar-refractivity contribution in [3.63, 3.8) is 0 Å². The van der Waals surface area contributed by atoms with Crippen molar-refractivity contribution in [2.45, 2.75) is 46.1 Å². The summed E-state index contributed by atoms with van der Waals surface area (Å²) in [5.41, 5.74) is 3.39. The lowest BCUT2D eigenvalue weighted by molar-refractivity contribution is 0.236. The summed E-state index contributed by atoms with van der Waals surface area (Å²) in [6.07, 6.45) is 0.163. The molecule has 1 aliphatic heterocycles. The molecule has 4 nitrogen and oxygen atoms in total. The van der Waals surface area contributed by atoms with Crippen LogP contribution in [0.25, 0.3) is 11.3 Å². The summed E-state index contributed by atoms with van der Waals surface area (Å²) in [5, 5.41) is 3.39. The van der Waals surface area contributed by atoms with Crippen molar-refractivity contribution in [2.75, 3.05) is 31.1 Å². The van der Waals surface area contributed by atoms with Gasteiger partial charge in [-0.05, 0) is 49.6 Å². The van der Waals surface area contributed by atoms with E-state index in [-0.39, 0.29) is 36.3 Å². The third-order valence-corrected chi connectivity index (χ3v) is 4.62. The number of aromatic nitrogens is 1. The first-order valence-electron chi connectivity index (χ1n) is 9.59. The number of rotatable bonds is 4. The maximum Gasteiger partial charge on any atom is 0.129 e. The molecule has 1 aromatic heterocycles. The average molecular weight is 426 g/mol. The lowest BCUT2D eigenvalue weighted by Gasteiger charge is -2.28. The predicted molar refractivity (Wildman–Crippen MR) is 124 cm³/mol. The second-order valence-electron chi connectivity index (χ2n) is 8.25. The Bertz CT molecular complexity index is 754. The summed E-state index contributed by atoms with van der Waals surface area (Å²) in [4.78, 5) is 7.29. The van der Waals surface area contributed by atoms with Crippen molar-refractivity contribution >= 4 is 30.6 Å². The average Bonchev–Trinajstić information content (AvgIpc) is 2.61. The fourth-order valence-corrected chi connectivity index (χ4v) is 3.29. The van der Waals surface area contributed by atoms with Crippen LogP contribution in [0.1, 0.15) is 40.2 Å². The second-order valence-corrected chi connectivity index (χ2v) is 8.25. The Morgan fingerprint density at radius 2 is 1.71 bits per heavy atom. The highest BCUT2D eigenvalue weighted by molar-refractivity contribution is 5.85. The summed E-state index contributed by atoms with van der Waals surface area (Å²) >= 11 is 0. The van der Waals surface area contributed by atoms with Gasteiger partial charge in [-0.2, -0.15) is 0 Å². The van der Waals surface area contributed by atoms with E-state index >= 15 is 0 Å². The van der Waals surface area contributed by atoms with Gasteiger partial charge in [-0.3, -0.25) is 0 Å². The molecule has 0 aliphatic carbocycles. The predicted octanol–water partition coefficient (Wildman–Crippen LogP) is 5.09. The van der Waals surface area contributed by atoms with E-state index in [0.29, 0.717) is 0 Å². The van der Waals surface area contributed by atoms with Crippen LogP contribution in [0.2, 0.25) is 0 Å². The lowest BCUT2D eigenvalue weighted by Crippen LogP contribution is -2.43. The summed E-state index contributed by atoms with van der Waals surface area (Å²) in [5.74, 6) is 2.03. The van der Waals surface area contributed by atoms with Crippen LogP contribution in [0.5, 0.6) is 5.75 Å². The molecular weight excluding hydrogens is 393 g/mol. The van der Waals surface area contributed by atoms with Gasteiger partial charge in [0, 0.05) is 37.3 Å². The standard InChI is InChI=1S/C22H31N3O.2ClH/c1-16(2)26-20-10-9-17(15-18(20)22(3,4)5)19-7-6-8-21(24-19)25-13-11-23-12-14-25;;/h6-10,15-16,23H,11-14H2,1-5H3;2*1H. The van der Waals surface area contributed by atoms with E-state index in [1.807, 2.05) is 0 Å². The minimum atomic E-state index is 0. The van der Waals surface area contributed by atoms with E-state index in [9.17, 15) is 0 Å². The number of nitrogens with zero attached hydrogens (tertiary/aromatic N) is 2. The molecule has 0 unspecified atom stereocenters. The number of pyridine rings is 1. The van der Waals surface area contributed by atoms with Crippen LogP contribution in [0.4, 0.5) is 5.82 Å². The van der Waals surface area contributed by atoms with Crippen molar-refractivity contribution in [1.29, 1.82) is 0 Å². The van der Waals surface area contributed by atoms with Crippen LogP contribution < -0.4 is 15.0 Å². The number of ether oxygens (including phenoxy) is 1. The summed E-state index contributed by atoms with van der Waals surface area (Å²) in [6, 6.07) is 12.8. The van der Waals surface area contributed by atoms with Crippen LogP contribution >= 0.6 is 24.8 Å². The van der Waals surface area contributed by atoms with Crippen molar-refractivity contribution in [2.24, 2.45) is 0 Å². The van der Waals surface area contributed by atoms with Gasteiger partial charge < -0.3 is 15.0 Å². The molecule has 2 heterocycles. The van der Waals surface area contributed by atoms with Gasteiger partial charge in [-0.15, -0.1) is 24.8 Å². The number of piperazine rings is 1. The van der Waals surface area contributed by atoms with Crippen molar-refractivity contribution in [3.8, 4) is 17.0 Å². The Morgan fingerprint density at radius 3 is 2.32 bits per heavy atom. The molecule has 0 saturated carbocycles. The molecule has 0 atom stereocenters. The molecule has 28 heavy (non-hydrogen) atoms. The Morgan fingerprint density at radius 1 is 1.04 bits per heavy atom. The smallest absolute Gasteiger partial charge is 0.129 e. The van der Waals surface area contributed by atoms with Gasteiger partial charge >= 0.3 is 0 Å². The fraction of sp³-hybridized carbons (Fsp3) is 0.500. The zero-order valence-electron chi connectivity index (χ0n) is 17.5. The summed E-state index contributed by atoms with van der Waals surface area (Å²) < 4.78 is 6.05. The molecule has 1 N–H and O–H groups in total. The molecule has 0 spiro atoms. The normalized spacial score (nSPS) is 14.3. The van der Waals surface area contributed by atoms with E-state index in [4.69, 9.17) is 9.72 Å². The number of benzene rings is 1. The Kier molecular flexibility index (Phi) is 9.06. The van der Waals surface area contributed by atoms with Crippen LogP contribution in [-0.2, 0) is 5.41 Å². The van der Waals surface area contributed by atoms with E-state index in [2.05, 4.69) is 81.2 Å². The summed E-state index contributed by atoms with van der Waals surface area (Å²) in [7, 11) is 0. The topological polar surface area (TPSA) is 37.4 Å². The third kappa shape index (κ3) is 6.00. The van der Waals surface area contributed by atoms with Crippen LogP contribution in [-0.4, -0.2) is 37.3 Å². The molecule has 0 radical (unpaired) electrons. The highest BCUT2D eigenvalue weighted by atomic mass is 35.5. The third-order valence-electron chi connectivity index (χ3n) is 4.62. The lowest BCUT2D eigenvalue weighted by atomic mass is 9.85.